The van der Waals surface area contributed by atoms with Crippen LogP contribution in [0, 0.1) is 17.3 Å². The number of hydrogen-bond donors (Lipinski definition) is 0. The molecule has 2 aromatic carbocycles. The summed E-state index contributed by atoms with van der Waals surface area (Å²) in [7, 11) is 0. The predicted octanol–water partition coefficient (Wildman–Crippen LogP) is 4.54. The molecular formula is C34H30O8. The molecule has 0 aromatic heterocycles. The summed E-state index contributed by atoms with van der Waals surface area (Å²) in [6.45, 7) is 6.21. The molecule has 8 heteroatoms. The summed E-state index contributed by atoms with van der Waals surface area (Å²) in [5.74, 6) is -0.804. The molecule has 2 aromatic rings. The second-order valence-electron chi connectivity index (χ2n) is 13.2. The van der Waals surface area contributed by atoms with E-state index in [1.165, 1.54) is 0 Å². The van der Waals surface area contributed by atoms with Crippen molar-refractivity contribution in [1.29, 1.82) is 0 Å². The van der Waals surface area contributed by atoms with E-state index in [0.717, 1.165) is 0 Å². The maximum Gasteiger partial charge on any atom is 0.343 e. The molecule has 3 aliphatic carbocycles. The molecule has 214 valence electrons. The fourth-order valence-corrected chi connectivity index (χ4v) is 9.26. The van der Waals surface area contributed by atoms with Gasteiger partial charge in [0.2, 0.25) is 5.78 Å². The van der Waals surface area contributed by atoms with Gasteiger partial charge in [-0.2, -0.15) is 0 Å². The summed E-state index contributed by atoms with van der Waals surface area (Å²) in [5, 5.41) is 0. The maximum atomic E-state index is 14.2. The Morgan fingerprint density at radius 1 is 0.929 bits per heavy atom. The highest BCUT2D eigenvalue weighted by molar-refractivity contribution is 6.04. The summed E-state index contributed by atoms with van der Waals surface area (Å²) in [6.07, 6.45) is 0.766. The first kappa shape index (κ1) is 25.0. The number of ketones is 1. The minimum absolute atomic E-state index is 0.00994. The van der Waals surface area contributed by atoms with Gasteiger partial charge in [0.05, 0.1) is 11.7 Å². The van der Waals surface area contributed by atoms with E-state index in [2.05, 4.69) is 6.92 Å². The highest BCUT2D eigenvalue weighted by atomic mass is 16.7. The van der Waals surface area contributed by atoms with Crippen molar-refractivity contribution in [3.63, 3.8) is 0 Å². The minimum Gasteiger partial charge on any atom is -0.419 e. The molecule has 0 amide bonds. The van der Waals surface area contributed by atoms with Crippen molar-refractivity contribution in [2.75, 3.05) is 0 Å². The average Bonchev–Trinajstić information content (AvgIpc) is 3.87. The largest absolute Gasteiger partial charge is 0.419 e. The summed E-state index contributed by atoms with van der Waals surface area (Å²) >= 11 is 0. The van der Waals surface area contributed by atoms with E-state index in [-0.39, 0.29) is 47.4 Å². The van der Waals surface area contributed by atoms with Crippen molar-refractivity contribution in [1.82, 2.24) is 0 Å². The van der Waals surface area contributed by atoms with E-state index in [1.807, 2.05) is 50.2 Å². The third-order valence-electron chi connectivity index (χ3n) is 11.2. The quantitative estimate of drug-likeness (QED) is 0.302. The van der Waals surface area contributed by atoms with E-state index in [1.54, 1.807) is 24.3 Å². The zero-order chi connectivity index (χ0) is 28.8. The standard InChI is InChI=1S/C34H30O8/c1-17(2)33-26(41-33)27-34(42-27)31(3)15-14-20-22(23(31)21-16-32(34,40-21)30(33)37)25(39-29(20)36)24(18-10-6-4-7-11-18)38-28(35)19-12-8-5-9-13-19/h4-13,17,21,23,26-27H,14-16H2,1-3H3/b25-24+/t21?,23-,26-,27-,31-,32+,33-,34+/m0/s1. The number of rotatable bonds is 4. The number of Topliss-reactive ketones (excluding diaryl/α,β-unsaturated/α-hetero) is 1. The zero-order valence-corrected chi connectivity index (χ0v) is 23.5. The average molecular weight is 567 g/mol. The number of fused-ring (bicyclic) bond motifs is 2. The van der Waals surface area contributed by atoms with Gasteiger partial charge < -0.3 is 23.7 Å². The van der Waals surface area contributed by atoms with E-state index in [9.17, 15) is 14.4 Å². The van der Waals surface area contributed by atoms with Gasteiger partial charge in [-0.3, -0.25) is 4.79 Å². The Bertz CT molecular complexity index is 1670. The normalized spacial score (nSPS) is 42.8. The number of cyclic esters (lactones) is 1. The van der Waals surface area contributed by atoms with Crippen molar-refractivity contribution < 1.29 is 38.1 Å². The van der Waals surface area contributed by atoms with Crippen LogP contribution >= 0.6 is 0 Å². The van der Waals surface area contributed by atoms with Crippen LogP contribution in [0.5, 0.6) is 0 Å². The first-order valence-electron chi connectivity index (χ1n) is 14.8. The molecule has 5 aliphatic heterocycles. The fraction of sp³-hybridized carbons (Fsp3) is 0.441. The third kappa shape index (κ3) is 2.60. The van der Waals surface area contributed by atoms with E-state index in [4.69, 9.17) is 23.7 Å². The van der Waals surface area contributed by atoms with Crippen molar-refractivity contribution in [3.8, 4) is 0 Å². The number of carbonyl (C=O) groups excluding carboxylic acids is 3. The van der Waals surface area contributed by atoms with Gasteiger partial charge in [-0.15, -0.1) is 0 Å². The van der Waals surface area contributed by atoms with Gasteiger partial charge in [0.1, 0.15) is 17.8 Å². The number of esters is 2. The van der Waals surface area contributed by atoms with Crippen LogP contribution in [0.15, 0.2) is 77.6 Å². The summed E-state index contributed by atoms with van der Waals surface area (Å²) < 4.78 is 31.6. The van der Waals surface area contributed by atoms with Crippen molar-refractivity contribution in [2.24, 2.45) is 17.3 Å². The van der Waals surface area contributed by atoms with Gasteiger partial charge in [0.15, 0.2) is 22.7 Å². The van der Waals surface area contributed by atoms with Crippen LogP contribution in [-0.2, 0) is 33.3 Å². The van der Waals surface area contributed by atoms with Crippen LogP contribution in [-0.4, -0.2) is 52.8 Å². The second kappa shape index (κ2) is 7.67. The lowest BCUT2D eigenvalue weighted by Crippen LogP contribution is -2.82. The second-order valence-corrected chi connectivity index (χ2v) is 13.2. The molecule has 2 saturated carbocycles. The van der Waals surface area contributed by atoms with Gasteiger partial charge in [-0.1, -0.05) is 69.3 Å². The number of allylic oxidation sites excluding steroid dienone is 1. The topological polar surface area (TPSA) is 104 Å². The summed E-state index contributed by atoms with van der Waals surface area (Å²) in [5.41, 5.74) is -0.957. The molecule has 8 atom stereocenters. The van der Waals surface area contributed by atoms with Crippen LogP contribution in [0.3, 0.4) is 0 Å². The molecule has 4 saturated heterocycles. The highest BCUT2D eigenvalue weighted by Crippen LogP contribution is 2.81. The van der Waals surface area contributed by atoms with Crippen LogP contribution in [0.2, 0.25) is 0 Å². The SMILES string of the molecule is CC(C)[C@]12O[C@H]1[C@@H]1O[C@@]13[C@@]1(C)CCC4=C(/C(=C(\OC(=O)c5ccccc5)c5ccccc5)OC4=O)[C@@H]1C1C[C@@]3(O1)C2=O. The fourth-order valence-electron chi connectivity index (χ4n) is 9.26. The number of hydrogen-bond acceptors (Lipinski definition) is 8. The molecule has 2 spiro atoms. The lowest BCUT2D eigenvalue weighted by atomic mass is 9.42. The third-order valence-corrected chi connectivity index (χ3v) is 11.2. The number of ether oxygens (including phenoxy) is 5. The smallest absolute Gasteiger partial charge is 0.343 e. The Morgan fingerprint density at radius 2 is 1.60 bits per heavy atom. The highest BCUT2D eigenvalue weighted by Gasteiger charge is 2.98. The molecule has 6 fully saturated rings. The first-order chi connectivity index (χ1) is 20.2. The Morgan fingerprint density at radius 3 is 2.26 bits per heavy atom. The Hall–Kier alpha value is -3.59. The molecule has 0 N–H and O–H groups in total. The van der Waals surface area contributed by atoms with Gasteiger partial charge in [-0.25, -0.2) is 9.59 Å². The summed E-state index contributed by atoms with van der Waals surface area (Å²) in [4.78, 5) is 40.9. The monoisotopic (exact) mass is 566 g/mol. The van der Waals surface area contributed by atoms with Crippen molar-refractivity contribution in [2.45, 2.75) is 75.1 Å². The number of carbonyl (C=O) groups is 3. The molecule has 0 radical (unpaired) electrons. The Kier molecular flexibility index (Phi) is 4.56. The molecular weight excluding hydrogens is 536 g/mol. The van der Waals surface area contributed by atoms with E-state index in [0.29, 0.717) is 41.5 Å². The van der Waals surface area contributed by atoms with Crippen LogP contribution in [0.4, 0.5) is 0 Å². The van der Waals surface area contributed by atoms with Crippen molar-refractivity contribution in [3.05, 3.63) is 88.7 Å². The van der Waals surface area contributed by atoms with Gasteiger partial charge in [0, 0.05) is 34.5 Å². The number of epoxide rings is 2. The van der Waals surface area contributed by atoms with E-state index < -0.39 is 34.2 Å². The van der Waals surface area contributed by atoms with E-state index >= 15 is 0 Å². The molecule has 5 heterocycles. The predicted molar refractivity (Wildman–Crippen MR) is 146 cm³/mol. The molecule has 10 rings (SSSR count). The lowest BCUT2D eigenvalue weighted by molar-refractivity contribution is -0.316. The molecule has 42 heavy (non-hydrogen) atoms. The van der Waals surface area contributed by atoms with Crippen LogP contribution < -0.4 is 0 Å². The molecule has 1 unspecified atom stereocenters. The maximum absolute atomic E-state index is 14.2. The minimum atomic E-state index is -1.04. The Balaban J connectivity index is 1.18. The van der Waals surface area contributed by atoms with Crippen LogP contribution in [0.1, 0.15) is 56.0 Å². The van der Waals surface area contributed by atoms with Gasteiger partial charge in [0.25, 0.3) is 0 Å². The molecule has 8 nitrogen and oxygen atoms in total. The first-order valence-corrected chi connectivity index (χ1v) is 14.8. The van der Waals surface area contributed by atoms with Crippen LogP contribution in [0.25, 0.3) is 5.76 Å². The zero-order valence-electron chi connectivity index (χ0n) is 23.5. The lowest BCUT2D eigenvalue weighted by Gasteiger charge is -2.68. The molecule has 8 aliphatic rings. The summed E-state index contributed by atoms with van der Waals surface area (Å²) in [6, 6.07) is 18.0. The Labute approximate surface area is 242 Å². The van der Waals surface area contributed by atoms with Gasteiger partial charge >= 0.3 is 11.9 Å². The van der Waals surface area contributed by atoms with Crippen molar-refractivity contribution >= 4 is 23.5 Å². The number of benzene rings is 2. The van der Waals surface area contributed by atoms with Gasteiger partial charge in [-0.05, 0) is 30.9 Å². The molecule has 2 bridgehead atoms.